The number of benzene rings is 2. The van der Waals surface area contributed by atoms with E-state index in [4.69, 9.17) is 11.5 Å². The van der Waals surface area contributed by atoms with Crippen molar-refractivity contribution in [3.63, 3.8) is 0 Å². The Hall–Kier alpha value is -2.03. The first-order valence-electron chi connectivity index (χ1n) is 5.39. The molecule has 0 saturated carbocycles. The fraction of sp³-hybridized carbons (Fsp3) is 0.154. The van der Waals surface area contributed by atoms with Gasteiger partial charge in [-0.2, -0.15) is 0 Å². The van der Waals surface area contributed by atoms with E-state index in [2.05, 4.69) is 29.3 Å². The van der Waals surface area contributed by atoms with E-state index in [1.54, 1.807) is 0 Å². The first-order valence-corrected chi connectivity index (χ1v) is 5.39. The Labute approximate surface area is 93.8 Å². The van der Waals surface area contributed by atoms with Gasteiger partial charge in [0, 0.05) is 0 Å². The van der Waals surface area contributed by atoms with Crippen LogP contribution in [0, 0.1) is 0 Å². The molecule has 0 radical (unpaired) electrons. The Kier molecular flexibility index (Phi) is 1.86. The molecule has 0 aromatic heterocycles. The lowest BCUT2D eigenvalue weighted by Gasteiger charge is -2.05. The van der Waals surface area contributed by atoms with Crippen LogP contribution in [0.3, 0.4) is 0 Å². The number of hydrogen-bond donors (Lipinski definition) is 2. The van der Waals surface area contributed by atoms with Crippen LogP contribution in [0.15, 0.2) is 35.3 Å². The van der Waals surface area contributed by atoms with Crippen LogP contribution in [-0.4, -0.2) is 5.96 Å². The molecular weight excluding hydrogens is 198 g/mol. The fourth-order valence-electron chi connectivity index (χ4n) is 2.49. The summed E-state index contributed by atoms with van der Waals surface area (Å²) in [5, 5.41) is 2.62. The summed E-state index contributed by atoms with van der Waals surface area (Å²) in [6.45, 7) is 0. The summed E-state index contributed by atoms with van der Waals surface area (Å²) < 4.78 is 0. The average Bonchev–Trinajstić information content (AvgIpc) is 2.68. The van der Waals surface area contributed by atoms with Crippen molar-refractivity contribution in [1.82, 2.24) is 0 Å². The number of hydrogen-bond acceptors (Lipinski definition) is 1. The molecule has 0 unspecified atom stereocenters. The highest BCUT2D eigenvalue weighted by atomic mass is 15.0. The van der Waals surface area contributed by atoms with E-state index in [-0.39, 0.29) is 5.96 Å². The van der Waals surface area contributed by atoms with Gasteiger partial charge < -0.3 is 11.5 Å². The van der Waals surface area contributed by atoms with Crippen molar-refractivity contribution in [2.75, 3.05) is 0 Å². The van der Waals surface area contributed by atoms with Crippen LogP contribution >= 0.6 is 0 Å². The SMILES string of the molecule is NC(N)=Nc1ccc2cccc3c2c1CC3. The lowest BCUT2D eigenvalue weighted by atomic mass is 10.0. The van der Waals surface area contributed by atoms with Gasteiger partial charge in [0.25, 0.3) is 0 Å². The molecule has 2 aromatic rings. The van der Waals surface area contributed by atoms with Crippen molar-refractivity contribution in [3.05, 3.63) is 41.5 Å². The molecule has 0 heterocycles. The lowest BCUT2D eigenvalue weighted by Crippen LogP contribution is -2.22. The third kappa shape index (κ3) is 1.25. The minimum Gasteiger partial charge on any atom is -0.370 e. The monoisotopic (exact) mass is 211 g/mol. The third-order valence-corrected chi connectivity index (χ3v) is 3.11. The number of nitrogens with zero attached hydrogens (tertiary/aromatic N) is 1. The highest BCUT2D eigenvalue weighted by molar-refractivity contribution is 5.95. The van der Waals surface area contributed by atoms with Crippen LogP contribution in [0.25, 0.3) is 10.8 Å². The molecule has 0 spiro atoms. The molecule has 80 valence electrons. The van der Waals surface area contributed by atoms with E-state index in [0.717, 1.165) is 18.5 Å². The van der Waals surface area contributed by atoms with E-state index in [1.165, 1.54) is 21.9 Å². The van der Waals surface area contributed by atoms with Gasteiger partial charge in [-0.3, -0.25) is 0 Å². The Balaban J connectivity index is 2.35. The molecule has 0 aliphatic heterocycles. The van der Waals surface area contributed by atoms with E-state index in [1.807, 2.05) is 6.07 Å². The predicted octanol–water partition coefficient (Wildman–Crippen LogP) is 1.84. The molecule has 3 rings (SSSR count). The Bertz CT molecular complexity index is 595. The molecular formula is C13H13N3. The van der Waals surface area contributed by atoms with Crippen LogP contribution < -0.4 is 11.5 Å². The molecule has 0 bridgehead atoms. The molecule has 3 nitrogen and oxygen atoms in total. The van der Waals surface area contributed by atoms with Gasteiger partial charge in [-0.15, -0.1) is 0 Å². The van der Waals surface area contributed by atoms with Gasteiger partial charge in [-0.25, -0.2) is 4.99 Å². The van der Waals surface area contributed by atoms with Crippen molar-refractivity contribution in [2.24, 2.45) is 16.5 Å². The van der Waals surface area contributed by atoms with Gasteiger partial charge in [-0.1, -0.05) is 24.3 Å². The molecule has 4 N–H and O–H groups in total. The number of nitrogens with two attached hydrogens (primary N) is 2. The smallest absolute Gasteiger partial charge is 0.191 e. The highest BCUT2D eigenvalue weighted by Crippen LogP contribution is 2.36. The second kappa shape index (κ2) is 3.23. The van der Waals surface area contributed by atoms with E-state index in [9.17, 15) is 0 Å². The van der Waals surface area contributed by atoms with Gasteiger partial charge in [0.2, 0.25) is 0 Å². The maximum Gasteiger partial charge on any atom is 0.191 e. The Morgan fingerprint density at radius 2 is 1.94 bits per heavy atom. The second-order valence-corrected chi connectivity index (χ2v) is 4.12. The summed E-state index contributed by atoms with van der Waals surface area (Å²) in [4.78, 5) is 4.19. The normalized spacial score (nSPS) is 13.0. The molecule has 3 heteroatoms. The van der Waals surface area contributed by atoms with Crippen LogP contribution in [0.4, 0.5) is 5.69 Å². The second-order valence-electron chi connectivity index (χ2n) is 4.12. The summed E-state index contributed by atoms with van der Waals surface area (Å²) in [6, 6.07) is 10.5. The van der Waals surface area contributed by atoms with E-state index >= 15 is 0 Å². The van der Waals surface area contributed by atoms with E-state index < -0.39 is 0 Å². The van der Waals surface area contributed by atoms with Gasteiger partial charge >= 0.3 is 0 Å². The zero-order chi connectivity index (χ0) is 11.1. The Morgan fingerprint density at radius 1 is 1.06 bits per heavy atom. The van der Waals surface area contributed by atoms with Gasteiger partial charge in [0.05, 0.1) is 5.69 Å². The molecule has 0 amide bonds. The molecule has 0 saturated heterocycles. The van der Waals surface area contributed by atoms with Crippen LogP contribution in [0.2, 0.25) is 0 Å². The summed E-state index contributed by atoms with van der Waals surface area (Å²) in [5.41, 5.74) is 14.5. The summed E-state index contributed by atoms with van der Waals surface area (Å²) in [6.07, 6.45) is 2.12. The zero-order valence-electron chi connectivity index (χ0n) is 8.90. The van der Waals surface area contributed by atoms with Crippen molar-refractivity contribution in [2.45, 2.75) is 12.8 Å². The largest absolute Gasteiger partial charge is 0.370 e. The third-order valence-electron chi connectivity index (χ3n) is 3.11. The maximum absolute atomic E-state index is 5.44. The lowest BCUT2D eigenvalue weighted by molar-refractivity contribution is 1.02. The molecule has 0 fully saturated rings. The number of aryl methyl sites for hydroxylation is 2. The number of rotatable bonds is 1. The fourth-order valence-corrected chi connectivity index (χ4v) is 2.49. The molecule has 2 aromatic carbocycles. The van der Waals surface area contributed by atoms with Crippen LogP contribution in [0.5, 0.6) is 0 Å². The van der Waals surface area contributed by atoms with Crippen molar-refractivity contribution in [1.29, 1.82) is 0 Å². The zero-order valence-corrected chi connectivity index (χ0v) is 8.90. The molecule has 1 aliphatic rings. The molecule has 0 atom stereocenters. The van der Waals surface area contributed by atoms with Crippen molar-refractivity contribution < 1.29 is 0 Å². The van der Waals surface area contributed by atoms with Crippen molar-refractivity contribution >= 4 is 22.4 Å². The average molecular weight is 211 g/mol. The topological polar surface area (TPSA) is 64.4 Å². The van der Waals surface area contributed by atoms with Crippen LogP contribution in [-0.2, 0) is 12.8 Å². The first-order chi connectivity index (χ1) is 7.75. The predicted molar refractivity (Wildman–Crippen MR) is 66.8 cm³/mol. The standard InChI is InChI=1S/C13H13N3/c14-13(15)16-11-7-5-9-3-1-2-8-4-6-10(11)12(8)9/h1-3,5,7H,4,6H2,(H4,14,15,16). The number of aliphatic imine (C=N–C) groups is 1. The van der Waals surface area contributed by atoms with Gasteiger partial charge in [0.15, 0.2) is 5.96 Å². The number of guanidine groups is 1. The summed E-state index contributed by atoms with van der Waals surface area (Å²) >= 11 is 0. The van der Waals surface area contributed by atoms with Crippen LogP contribution in [0.1, 0.15) is 11.1 Å². The first kappa shape index (κ1) is 9.21. The summed E-state index contributed by atoms with van der Waals surface area (Å²) in [7, 11) is 0. The molecule has 16 heavy (non-hydrogen) atoms. The van der Waals surface area contributed by atoms with Gasteiger partial charge in [-0.05, 0) is 40.8 Å². The molecule has 1 aliphatic carbocycles. The highest BCUT2D eigenvalue weighted by Gasteiger charge is 2.16. The van der Waals surface area contributed by atoms with Gasteiger partial charge in [0.1, 0.15) is 0 Å². The Morgan fingerprint density at radius 3 is 2.75 bits per heavy atom. The van der Waals surface area contributed by atoms with Crippen molar-refractivity contribution in [3.8, 4) is 0 Å². The van der Waals surface area contributed by atoms with E-state index in [0.29, 0.717) is 0 Å². The summed E-state index contributed by atoms with van der Waals surface area (Å²) in [5.74, 6) is 0.125. The maximum atomic E-state index is 5.44. The quantitative estimate of drug-likeness (QED) is 0.558. The minimum absolute atomic E-state index is 0.125. The minimum atomic E-state index is 0.125.